The van der Waals surface area contributed by atoms with Gasteiger partial charge in [-0.05, 0) is 62.4 Å². The highest BCUT2D eigenvalue weighted by molar-refractivity contribution is 5.77. The quantitative estimate of drug-likeness (QED) is 0.638. The largest absolute Gasteiger partial charge is 0.339 e. The van der Waals surface area contributed by atoms with Gasteiger partial charge in [0.15, 0.2) is 6.29 Å². The average molecular weight is 294 g/mol. The van der Waals surface area contributed by atoms with Gasteiger partial charge in [-0.25, -0.2) is 0 Å². The second-order valence-corrected chi connectivity index (χ2v) is 7.34. The summed E-state index contributed by atoms with van der Waals surface area (Å²) in [4.78, 5) is 0. The molecule has 1 aliphatic carbocycles. The Kier molecular flexibility index (Phi) is 2.82. The fraction of sp³-hybridized carbons (Fsp3) is 0.400. The van der Waals surface area contributed by atoms with Crippen LogP contribution in [0.3, 0.4) is 0 Å². The molecule has 0 atom stereocenters. The van der Waals surface area contributed by atoms with Gasteiger partial charge in [-0.2, -0.15) is 0 Å². The van der Waals surface area contributed by atoms with Gasteiger partial charge in [-0.1, -0.05) is 36.4 Å². The van der Waals surface area contributed by atoms with Crippen molar-refractivity contribution in [2.24, 2.45) is 0 Å². The molecule has 4 rings (SSSR count). The first kappa shape index (κ1) is 14.0. The molecule has 0 bridgehead atoms. The third kappa shape index (κ3) is 1.94. The van der Waals surface area contributed by atoms with Gasteiger partial charge in [0.05, 0.1) is 11.2 Å². The predicted molar refractivity (Wildman–Crippen MR) is 87.8 cm³/mol. The van der Waals surface area contributed by atoms with Crippen LogP contribution in [-0.2, 0) is 15.9 Å². The van der Waals surface area contributed by atoms with E-state index in [0.717, 1.165) is 12.0 Å². The van der Waals surface area contributed by atoms with Crippen LogP contribution in [0.5, 0.6) is 0 Å². The van der Waals surface area contributed by atoms with E-state index in [1.165, 1.54) is 22.3 Å². The molecule has 2 aromatic carbocycles. The maximum absolute atomic E-state index is 6.18. The summed E-state index contributed by atoms with van der Waals surface area (Å²) in [6.45, 7) is 8.37. The molecule has 0 saturated carbocycles. The number of rotatable bonds is 1. The first-order chi connectivity index (χ1) is 10.4. The molecule has 1 heterocycles. The lowest BCUT2D eigenvalue weighted by molar-refractivity contribution is -0.0895. The van der Waals surface area contributed by atoms with Crippen molar-refractivity contribution in [2.75, 3.05) is 0 Å². The molecular weight excluding hydrogens is 272 g/mol. The third-order valence-electron chi connectivity index (χ3n) is 5.35. The van der Waals surface area contributed by atoms with Crippen LogP contribution in [0.25, 0.3) is 11.1 Å². The number of benzene rings is 2. The van der Waals surface area contributed by atoms with Gasteiger partial charge in [0.2, 0.25) is 0 Å². The molecule has 0 spiro atoms. The van der Waals surface area contributed by atoms with Gasteiger partial charge in [-0.3, -0.25) is 0 Å². The van der Waals surface area contributed by atoms with Crippen molar-refractivity contribution < 1.29 is 9.47 Å². The molecule has 2 aromatic rings. The van der Waals surface area contributed by atoms with Crippen LogP contribution >= 0.6 is 0 Å². The van der Waals surface area contributed by atoms with Gasteiger partial charge < -0.3 is 9.47 Å². The summed E-state index contributed by atoms with van der Waals surface area (Å²) in [5.41, 5.74) is 5.97. The van der Waals surface area contributed by atoms with Gasteiger partial charge in [0, 0.05) is 5.56 Å². The summed E-state index contributed by atoms with van der Waals surface area (Å²) in [5, 5.41) is 0. The molecule has 1 fully saturated rings. The normalized spacial score (nSPS) is 21.6. The van der Waals surface area contributed by atoms with Crippen molar-refractivity contribution in [3.8, 4) is 11.1 Å². The van der Waals surface area contributed by atoms with Crippen LogP contribution < -0.4 is 0 Å². The van der Waals surface area contributed by atoms with E-state index in [0.29, 0.717) is 0 Å². The Morgan fingerprint density at radius 2 is 1.45 bits per heavy atom. The highest BCUT2D eigenvalue weighted by atomic mass is 16.7. The van der Waals surface area contributed by atoms with Gasteiger partial charge >= 0.3 is 0 Å². The second-order valence-electron chi connectivity index (χ2n) is 7.34. The molecular formula is C20H22O2. The fourth-order valence-electron chi connectivity index (χ4n) is 3.27. The zero-order chi connectivity index (χ0) is 15.5. The van der Waals surface area contributed by atoms with Gasteiger partial charge in [0.1, 0.15) is 0 Å². The lowest BCUT2D eigenvalue weighted by Gasteiger charge is -2.30. The summed E-state index contributed by atoms with van der Waals surface area (Å²) in [6.07, 6.45) is 0.734. The first-order valence-electron chi connectivity index (χ1n) is 7.94. The van der Waals surface area contributed by atoms with E-state index >= 15 is 0 Å². The van der Waals surface area contributed by atoms with Crippen LogP contribution in [0.4, 0.5) is 0 Å². The van der Waals surface area contributed by atoms with Crippen molar-refractivity contribution in [3.05, 3.63) is 59.2 Å². The number of fused-ring (bicyclic) bond motifs is 3. The highest BCUT2D eigenvalue weighted by Crippen LogP contribution is 2.46. The van der Waals surface area contributed by atoms with E-state index in [4.69, 9.17) is 9.47 Å². The molecule has 0 aromatic heterocycles. The van der Waals surface area contributed by atoms with Crippen LogP contribution in [0.2, 0.25) is 0 Å². The minimum Gasteiger partial charge on any atom is -0.339 e. The lowest BCUT2D eigenvalue weighted by atomic mass is 9.90. The molecule has 2 nitrogen and oxygen atoms in total. The SMILES string of the molecule is CC1(C)OC(c2ccc3c(c2)-c2ccccc2C3)OC1(C)C. The number of hydrogen-bond donors (Lipinski definition) is 0. The minimum atomic E-state index is -0.297. The topological polar surface area (TPSA) is 18.5 Å². The van der Waals surface area contributed by atoms with Crippen molar-refractivity contribution in [1.29, 1.82) is 0 Å². The smallest absolute Gasteiger partial charge is 0.185 e. The Labute approximate surface area is 132 Å². The Morgan fingerprint density at radius 3 is 2.18 bits per heavy atom. The monoisotopic (exact) mass is 294 g/mol. The van der Waals surface area contributed by atoms with Gasteiger partial charge in [0.25, 0.3) is 0 Å². The molecule has 2 aliphatic rings. The zero-order valence-electron chi connectivity index (χ0n) is 13.6. The summed E-state index contributed by atoms with van der Waals surface area (Å²) in [6, 6.07) is 15.2. The zero-order valence-corrected chi connectivity index (χ0v) is 13.6. The molecule has 2 heteroatoms. The standard InChI is InChI=1S/C20H22O2/c1-19(2)20(3,4)22-18(21-19)15-10-9-14-11-13-7-5-6-8-16(13)17(14)12-15/h5-10,12,18H,11H2,1-4H3. The van der Waals surface area contributed by atoms with E-state index in [1.807, 2.05) is 0 Å². The average Bonchev–Trinajstić information content (AvgIpc) is 2.93. The van der Waals surface area contributed by atoms with E-state index in [-0.39, 0.29) is 17.5 Å². The van der Waals surface area contributed by atoms with Crippen molar-refractivity contribution >= 4 is 0 Å². The second kappa shape index (κ2) is 4.43. The highest BCUT2D eigenvalue weighted by Gasteiger charge is 2.49. The minimum absolute atomic E-state index is 0.289. The summed E-state index contributed by atoms with van der Waals surface area (Å²) in [7, 11) is 0. The Balaban J connectivity index is 1.73. The van der Waals surface area contributed by atoms with Crippen molar-refractivity contribution in [1.82, 2.24) is 0 Å². The van der Waals surface area contributed by atoms with E-state index in [2.05, 4.69) is 70.2 Å². The lowest BCUT2D eigenvalue weighted by Crippen LogP contribution is -2.41. The summed E-state index contributed by atoms with van der Waals surface area (Å²) in [5.74, 6) is 0. The fourth-order valence-corrected chi connectivity index (χ4v) is 3.27. The number of hydrogen-bond acceptors (Lipinski definition) is 2. The third-order valence-corrected chi connectivity index (χ3v) is 5.35. The molecule has 0 radical (unpaired) electrons. The summed E-state index contributed by atoms with van der Waals surface area (Å²) >= 11 is 0. The van der Waals surface area contributed by atoms with Crippen LogP contribution in [0.1, 0.15) is 50.7 Å². The number of ether oxygens (including phenoxy) is 2. The molecule has 114 valence electrons. The van der Waals surface area contributed by atoms with E-state index in [1.54, 1.807) is 0 Å². The molecule has 0 amide bonds. The van der Waals surface area contributed by atoms with Crippen LogP contribution in [-0.4, -0.2) is 11.2 Å². The van der Waals surface area contributed by atoms with Crippen molar-refractivity contribution in [3.63, 3.8) is 0 Å². The predicted octanol–water partition coefficient (Wildman–Crippen LogP) is 4.86. The van der Waals surface area contributed by atoms with E-state index < -0.39 is 0 Å². The first-order valence-corrected chi connectivity index (χ1v) is 7.94. The molecule has 1 saturated heterocycles. The Morgan fingerprint density at radius 1 is 0.818 bits per heavy atom. The molecule has 22 heavy (non-hydrogen) atoms. The summed E-state index contributed by atoms with van der Waals surface area (Å²) < 4.78 is 12.4. The Hall–Kier alpha value is -1.64. The van der Waals surface area contributed by atoms with E-state index in [9.17, 15) is 0 Å². The molecule has 0 unspecified atom stereocenters. The maximum atomic E-state index is 6.18. The van der Waals surface area contributed by atoms with Gasteiger partial charge in [-0.15, -0.1) is 0 Å². The van der Waals surface area contributed by atoms with Crippen molar-refractivity contribution in [2.45, 2.75) is 51.6 Å². The maximum Gasteiger partial charge on any atom is 0.185 e. The molecule has 1 aliphatic heterocycles. The van der Waals surface area contributed by atoms with Crippen LogP contribution in [0, 0.1) is 0 Å². The van der Waals surface area contributed by atoms with Crippen LogP contribution in [0.15, 0.2) is 42.5 Å². The Bertz CT molecular complexity index is 727. The molecule has 0 N–H and O–H groups in total.